The van der Waals surface area contributed by atoms with Crippen molar-refractivity contribution in [3.8, 4) is 0 Å². The maximum atomic E-state index is 10.5. The fraction of sp³-hybridized carbons (Fsp3) is 0.429. The number of nitrogens with two attached hydrogens (primary N) is 1. The smallest absolute Gasteiger partial charge is 0.330 e. The molecule has 0 fully saturated rings. The van der Waals surface area contributed by atoms with Crippen molar-refractivity contribution < 1.29 is 14.7 Å². The van der Waals surface area contributed by atoms with Gasteiger partial charge in [0.15, 0.2) is 0 Å². The molecule has 13 heavy (non-hydrogen) atoms. The summed E-state index contributed by atoms with van der Waals surface area (Å²) in [5.74, 6) is -1.49. The van der Waals surface area contributed by atoms with Gasteiger partial charge < -0.3 is 16.2 Å². The van der Waals surface area contributed by atoms with E-state index in [9.17, 15) is 9.59 Å². The highest BCUT2D eigenvalue weighted by Crippen LogP contribution is 1.86. The van der Waals surface area contributed by atoms with Crippen LogP contribution in [0.2, 0.25) is 0 Å². The number of carboxylic acids is 1. The number of carbonyl (C=O) groups excluding carboxylic acids is 1. The van der Waals surface area contributed by atoms with Crippen LogP contribution in [0.1, 0.15) is 6.92 Å². The molecule has 6 heteroatoms. The van der Waals surface area contributed by atoms with Gasteiger partial charge in [-0.1, -0.05) is 12.2 Å². The van der Waals surface area contributed by atoms with Gasteiger partial charge >= 0.3 is 5.97 Å². The number of hydrogen-bond donors (Lipinski definition) is 3. The first-order valence-corrected chi connectivity index (χ1v) is 3.44. The Labute approximate surface area is 82.4 Å². The second-order valence-electron chi connectivity index (χ2n) is 2.18. The largest absolute Gasteiger partial charge is 0.479 e. The SMILES string of the molecule is CC(=O)NC(/C=C/CN)C(=O)O.Cl. The van der Waals surface area contributed by atoms with E-state index in [-0.39, 0.29) is 24.9 Å². The summed E-state index contributed by atoms with van der Waals surface area (Å²) in [5.41, 5.74) is 5.12. The Kier molecular flexibility index (Phi) is 8.42. The molecule has 1 unspecified atom stereocenters. The Morgan fingerprint density at radius 1 is 1.62 bits per heavy atom. The Balaban J connectivity index is 0. The van der Waals surface area contributed by atoms with Crippen LogP contribution in [0.3, 0.4) is 0 Å². The fourth-order valence-electron chi connectivity index (χ4n) is 0.626. The van der Waals surface area contributed by atoms with E-state index in [2.05, 4.69) is 5.32 Å². The Hall–Kier alpha value is -1.07. The van der Waals surface area contributed by atoms with Gasteiger partial charge in [-0.3, -0.25) is 4.79 Å². The molecule has 0 aliphatic heterocycles. The van der Waals surface area contributed by atoms with Crippen molar-refractivity contribution >= 4 is 24.3 Å². The van der Waals surface area contributed by atoms with Gasteiger partial charge in [0.2, 0.25) is 5.91 Å². The van der Waals surface area contributed by atoms with Gasteiger partial charge in [0.25, 0.3) is 0 Å². The molecule has 0 spiro atoms. The maximum absolute atomic E-state index is 10.5. The van der Waals surface area contributed by atoms with Crippen LogP contribution >= 0.6 is 12.4 Å². The molecule has 0 saturated carbocycles. The quantitative estimate of drug-likeness (QED) is 0.544. The molecule has 4 N–H and O–H groups in total. The minimum absolute atomic E-state index is 0. The van der Waals surface area contributed by atoms with Crippen LogP contribution in [0.25, 0.3) is 0 Å². The van der Waals surface area contributed by atoms with Gasteiger partial charge in [0, 0.05) is 13.5 Å². The third kappa shape index (κ3) is 7.30. The highest BCUT2D eigenvalue weighted by atomic mass is 35.5. The van der Waals surface area contributed by atoms with Crippen molar-refractivity contribution in [2.24, 2.45) is 5.73 Å². The molecule has 0 aliphatic rings. The van der Waals surface area contributed by atoms with E-state index in [0.717, 1.165) is 0 Å². The molecule has 5 nitrogen and oxygen atoms in total. The van der Waals surface area contributed by atoms with Crippen molar-refractivity contribution in [3.63, 3.8) is 0 Å². The average molecular weight is 209 g/mol. The summed E-state index contributed by atoms with van der Waals surface area (Å²) in [5, 5.41) is 10.8. The molecule has 0 aliphatic carbocycles. The zero-order chi connectivity index (χ0) is 9.56. The zero-order valence-corrected chi connectivity index (χ0v) is 8.00. The molecule has 1 atom stereocenters. The second-order valence-corrected chi connectivity index (χ2v) is 2.18. The van der Waals surface area contributed by atoms with Gasteiger partial charge in [-0.2, -0.15) is 0 Å². The lowest BCUT2D eigenvalue weighted by molar-refractivity contribution is -0.140. The van der Waals surface area contributed by atoms with Crippen LogP contribution in [0.15, 0.2) is 12.2 Å². The van der Waals surface area contributed by atoms with Crippen LogP contribution in [-0.4, -0.2) is 29.6 Å². The lowest BCUT2D eigenvalue weighted by Gasteiger charge is -2.07. The average Bonchev–Trinajstić information content (AvgIpc) is 1.96. The number of hydrogen-bond acceptors (Lipinski definition) is 3. The molecular weight excluding hydrogens is 196 g/mol. The van der Waals surface area contributed by atoms with Crippen LogP contribution in [-0.2, 0) is 9.59 Å². The first-order chi connectivity index (χ1) is 5.57. The maximum Gasteiger partial charge on any atom is 0.330 e. The molecule has 0 bridgehead atoms. The molecule has 0 aromatic heterocycles. The van der Waals surface area contributed by atoms with E-state index in [1.165, 1.54) is 19.1 Å². The van der Waals surface area contributed by atoms with Crippen LogP contribution in [0, 0.1) is 0 Å². The van der Waals surface area contributed by atoms with E-state index in [0.29, 0.717) is 0 Å². The Morgan fingerprint density at radius 2 is 2.15 bits per heavy atom. The standard InChI is InChI=1S/C7H12N2O3.ClH/c1-5(10)9-6(7(11)12)3-2-4-8;/h2-3,6H,4,8H2,1H3,(H,9,10)(H,11,12);1H/b3-2+;. The summed E-state index contributed by atoms with van der Waals surface area (Å²) < 4.78 is 0. The van der Waals surface area contributed by atoms with E-state index < -0.39 is 12.0 Å². The molecular formula is C7H13ClN2O3. The first kappa shape index (κ1) is 14.5. The number of rotatable bonds is 4. The van der Waals surface area contributed by atoms with Crippen molar-refractivity contribution in [2.45, 2.75) is 13.0 Å². The molecule has 0 saturated heterocycles. The van der Waals surface area contributed by atoms with Gasteiger partial charge in [0.05, 0.1) is 0 Å². The van der Waals surface area contributed by atoms with Crippen molar-refractivity contribution in [1.29, 1.82) is 0 Å². The number of nitrogens with one attached hydrogen (secondary N) is 1. The molecule has 0 aromatic rings. The summed E-state index contributed by atoms with van der Waals surface area (Å²) in [4.78, 5) is 20.9. The molecule has 0 radical (unpaired) electrons. The number of carboxylic acid groups (broad SMARTS) is 1. The lowest BCUT2D eigenvalue weighted by atomic mass is 10.2. The highest BCUT2D eigenvalue weighted by Gasteiger charge is 2.13. The molecule has 76 valence electrons. The fourth-order valence-corrected chi connectivity index (χ4v) is 0.626. The van der Waals surface area contributed by atoms with Crippen LogP contribution in [0.5, 0.6) is 0 Å². The van der Waals surface area contributed by atoms with E-state index in [4.69, 9.17) is 10.8 Å². The minimum atomic E-state index is -1.10. The summed E-state index contributed by atoms with van der Waals surface area (Å²) in [7, 11) is 0. The van der Waals surface area contributed by atoms with Crippen LogP contribution < -0.4 is 11.1 Å². The summed E-state index contributed by atoms with van der Waals surface area (Å²) in [6.07, 6.45) is 2.82. The number of amides is 1. The normalized spacial score (nSPS) is 11.8. The molecule has 0 rings (SSSR count). The predicted octanol–water partition coefficient (Wildman–Crippen LogP) is -0.488. The second kappa shape index (κ2) is 7.57. The molecule has 0 aromatic carbocycles. The van der Waals surface area contributed by atoms with E-state index in [1.807, 2.05) is 0 Å². The zero-order valence-electron chi connectivity index (χ0n) is 7.19. The number of aliphatic carboxylic acids is 1. The predicted molar refractivity (Wildman–Crippen MR) is 50.7 cm³/mol. The van der Waals surface area contributed by atoms with Gasteiger partial charge in [0.1, 0.15) is 6.04 Å². The lowest BCUT2D eigenvalue weighted by Crippen LogP contribution is -2.38. The molecule has 0 heterocycles. The van der Waals surface area contributed by atoms with Crippen molar-refractivity contribution in [2.75, 3.05) is 6.54 Å². The summed E-state index contributed by atoms with van der Waals surface area (Å²) >= 11 is 0. The topological polar surface area (TPSA) is 92.4 Å². The van der Waals surface area contributed by atoms with E-state index in [1.54, 1.807) is 0 Å². The summed E-state index contributed by atoms with van der Waals surface area (Å²) in [6, 6.07) is -0.981. The minimum Gasteiger partial charge on any atom is -0.479 e. The Morgan fingerprint density at radius 3 is 2.46 bits per heavy atom. The third-order valence-corrected chi connectivity index (χ3v) is 1.09. The Bertz CT molecular complexity index is 206. The first-order valence-electron chi connectivity index (χ1n) is 3.44. The third-order valence-electron chi connectivity index (χ3n) is 1.09. The van der Waals surface area contributed by atoms with Gasteiger partial charge in [-0.05, 0) is 0 Å². The monoisotopic (exact) mass is 208 g/mol. The van der Waals surface area contributed by atoms with Crippen molar-refractivity contribution in [3.05, 3.63) is 12.2 Å². The van der Waals surface area contributed by atoms with Crippen molar-refractivity contribution in [1.82, 2.24) is 5.32 Å². The molecule has 1 amide bonds. The van der Waals surface area contributed by atoms with Crippen LogP contribution in [0.4, 0.5) is 0 Å². The van der Waals surface area contributed by atoms with Gasteiger partial charge in [-0.25, -0.2) is 4.79 Å². The number of halogens is 1. The summed E-state index contributed by atoms with van der Waals surface area (Å²) in [6.45, 7) is 1.51. The number of carbonyl (C=O) groups is 2. The van der Waals surface area contributed by atoms with E-state index >= 15 is 0 Å². The highest BCUT2D eigenvalue weighted by molar-refractivity contribution is 5.85. The van der Waals surface area contributed by atoms with Gasteiger partial charge in [-0.15, -0.1) is 12.4 Å².